The SMILES string of the molecule is CCOC(=O)C1=C(C)N=c2s/c(=C/c3ccc(-c4cccc(C(=O)[O-])c4)o3)c(=O)n2[C@@H]1c1ccccc1. The number of carboxylic acid groups (broad SMARTS) is 1. The summed E-state index contributed by atoms with van der Waals surface area (Å²) in [6, 6.07) is 18.2. The van der Waals surface area contributed by atoms with E-state index < -0.39 is 18.0 Å². The van der Waals surface area contributed by atoms with Crippen LogP contribution in [0.2, 0.25) is 0 Å². The van der Waals surface area contributed by atoms with Crippen LogP contribution in [0.15, 0.2) is 92.2 Å². The van der Waals surface area contributed by atoms with E-state index in [1.165, 1.54) is 28.0 Å². The number of aromatic nitrogens is 1. The lowest BCUT2D eigenvalue weighted by atomic mass is 9.96. The molecule has 186 valence electrons. The number of fused-ring (bicyclic) bond motifs is 1. The summed E-state index contributed by atoms with van der Waals surface area (Å²) in [5, 5.41) is 11.2. The topological polar surface area (TPSA) is 114 Å². The number of carbonyl (C=O) groups is 2. The summed E-state index contributed by atoms with van der Waals surface area (Å²) in [5.74, 6) is -0.928. The fourth-order valence-electron chi connectivity index (χ4n) is 4.26. The minimum atomic E-state index is -1.28. The standard InChI is InChI=1S/C28H22N2O6S/c1-3-35-27(34)23-16(2)29-28-30(24(23)17-8-5-4-6-9-17)25(31)22(37-28)15-20-12-13-21(36-20)18-10-7-11-19(14-18)26(32)33/h4-15,24H,3H2,1-2H3,(H,32,33)/p-1/b22-15+/t24-/m1/s1. The van der Waals surface area contributed by atoms with Gasteiger partial charge in [-0.25, -0.2) is 9.79 Å². The van der Waals surface area contributed by atoms with E-state index in [0.717, 1.165) is 5.56 Å². The van der Waals surface area contributed by atoms with Crippen molar-refractivity contribution in [3.8, 4) is 11.3 Å². The molecular formula is C28H21N2O6S-. The molecule has 0 unspecified atom stereocenters. The predicted molar refractivity (Wildman–Crippen MR) is 135 cm³/mol. The zero-order valence-corrected chi connectivity index (χ0v) is 20.8. The Morgan fingerprint density at radius 2 is 1.92 bits per heavy atom. The summed E-state index contributed by atoms with van der Waals surface area (Å²) in [7, 11) is 0. The Bertz CT molecular complexity index is 1730. The molecule has 0 aliphatic carbocycles. The lowest BCUT2D eigenvalue weighted by molar-refractivity contribution is -0.255. The average Bonchev–Trinajstić information content (AvgIpc) is 3.48. The second kappa shape index (κ2) is 9.87. The molecule has 0 fully saturated rings. The minimum absolute atomic E-state index is 0.0393. The summed E-state index contributed by atoms with van der Waals surface area (Å²) >= 11 is 1.19. The minimum Gasteiger partial charge on any atom is -0.545 e. The van der Waals surface area contributed by atoms with Crippen LogP contribution in [0.5, 0.6) is 0 Å². The van der Waals surface area contributed by atoms with Gasteiger partial charge in [0.15, 0.2) is 4.80 Å². The first kappa shape index (κ1) is 24.2. The summed E-state index contributed by atoms with van der Waals surface area (Å²) in [6.07, 6.45) is 1.61. The Morgan fingerprint density at radius 3 is 2.65 bits per heavy atom. The van der Waals surface area contributed by atoms with E-state index in [2.05, 4.69) is 4.99 Å². The summed E-state index contributed by atoms with van der Waals surface area (Å²) in [6.45, 7) is 3.67. The number of allylic oxidation sites excluding steroid dienone is 1. The van der Waals surface area contributed by atoms with Crippen molar-refractivity contribution < 1.29 is 23.8 Å². The molecular weight excluding hydrogens is 492 g/mol. The van der Waals surface area contributed by atoms with Gasteiger partial charge in [0.05, 0.1) is 34.4 Å². The molecule has 37 heavy (non-hydrogen) atoms. The van der Waals surface area contributed by atoms with Gasteiger partial charge in [-0.2, -0.15) is 0 Å². The number of rotatable bonds is 6. The first-order valence-electron chi connectivity index (χ1n) is 11.5. The van der Waals surface area contributed by atoms with E-state index >= 15 is 0 Å². The number of carbonyl (C=O) groups excluding carboxylic acids is 2. The number of aromatic carboxylic acids is 1. The Kier molecular flexibility index (Phi) is 6.45. The van der Waals surface area contributed by atoms with Gasteiger partial charge in [-0.15, -0.1) is 0 Å². The molecule has 0 spiro atoms. The lowest BCUT2D eigenvalue weighted by Gasteiger charge is -2.24. The number of carboxylic acids is 1. The molecule has 2 aromatic heterocycles. The second-order valence-electron chi connectivity index (χ2n) is 8.28. The average molecular weight is 514 g/mol. The van der Waals surface area contributed by atoms with Gasteiger partial charge in [0.2, 0.25) is 0 Å². The highest BCUT2D eigenvalue weighted by atomic mass is 32.1. The van der Waals surface area contributed by atoms with Crippen molar-refractivity contribution in [2.75, 3.05) is 6.61 Å². The van der Waals surface area contributed by atoms with E-state index in [-0.39, 0.29) is 17.7 Å². The number of nitrogens with zero attached hydrogens (tertiary/aromatic N) is 2. The van der Waals surface area contributed by atoms with Crippen LogP contribution in [0.25, 0.3) is 17.4 Å². The van der Waals surface area contributed by atoms with Gasteiger partial charge in [0.25, 0.3) is 5.56 Å². The van der Waals surface area contributed by atoms with Gasteiger partial charge in [-0.05, 0) is 43.2 Å². The van der Waals surface area contributed by atoms with Crippen molar-refractivity contribution in [3.63, 3.8) is 0 Å². The summed E-state index contributed by atoms with van der Waals surface area (Å²) < 4.78 is 13.1. The number of furan rings is 1. The summed E-state index contributed by atoms with van der Waals surface area (Å²) in [4.78, 5) is 42.7. The number of benzene rings is 2. The first-order chi connectivity index (χ1) is 17.9. The van der Waals surface area contributed by atoms with Crippen LogP contribution >= 0.6 is 11.3 Å². The van der Waals surface area contributed by atoms with Crippen molar-refractivity contribution in [2.45, 2.75) is 19.9 Å². The van der Waals surface area contributed by atoms with Crippen molar-refractivity contribution in [3.05, 3.63) is 115 Å². The van der Waals surface area contributed by atoms with Gasteiger partial charge in [-0.3, -0.25) is 9.36 Å². The number of esters is 1. The van der Waals surface area contributed by atoms with E-state index in [0.29, 0.717) is 37.7 Å². The molecule has 0 N–H and O–H groups in total. The van der Waals surface area contributed by atoms with E-state index in [9.17, 15) is 19.5 Å². The third kappa shape index (κ3) is 4.56. The van der Waals surface area contributed by atoms with Crippen LogP contribution in [-0.2, 0) is 9.53 Å². The molecule has 0 amide bonds. The highest BCUT2D eigenvalue weighted by Gasteiger charge is 2.33. The van der Waals surface area contributed by atoms with Crippen molar-refractivity contribution in [1.82, 2.24) is 4.57 Å². The monoisotopic (exact) mass is 513 g/mol. The Hall–Kier alpha value is -4.50. The maximum atomic E-state index is 13.6. The Balaban J connectivity index is 1.61. The Morgan fingerprint density at radius 1 is 1.14 bits per heavy atom. The van der Waals surface area contributed by atoms with E-state index in [1.54, 1.807) is 44.2 Å². The fourth-order valence-corrected chi connectivity index (χ4v) is 5.28. The number of hydrogen-bond donors (Lipinski definition) is 0. The Labute approximate surface area is 215 Å². The van der Waals surface area contributed by atoms with Crippen LogP contribution in [0.3, 0.4) is 0 Å². The third-order valence-corrected chi connectivity index (χ3v) is 6.90. The lowest BCUT2D eigenvalue weighted by Crippen LogP contribution is -2.39. The molecule has 3 heterocycles. The quantitative estimate of drug-likeness (QED) is 0.366. The smallest absolute Gasteiger partial charge is 0.338 e. The molecule has 5 rings (SSSR count). The van der Waals surface area contributed by atoms with Crippen molar-refractivity contribution >= 4 is 29.4 Å². The van der Waals surface area contributed by atoms with Crippen LogP contribution < -0.4 is 20.0 Å². The second-order valence-corrected chi connectivity index (χ2v) is 9.29. The molecule has 1 aliphatic heterocycles. The molecule has 0 bridgehead atoms. The first-order valence-corrected chi connectivity index (χ1v) is 12.3. The largest absolute Gasteiger partial charge is 0.545 e. The molecule has 0 saturated heterocycles. The van der Waals surface area contributed by atoms with Crippen molar-refractivity contribution in [2.24, 2.45) is 4.99 Å². The molecule has 2 aromatic carbocycles. The van der Waals surface area contributed by atoms with Crippen molar-refractivity contribution in [1.29, 1.82) is 0 Å². The molecule has 1 atom stereocenters. The number of hydrogen-bond acceptors (Lipinski definition) is 8. The van der Waals surface area contributed by atoms with E-state index in [4.69, 9.17) is 9.15 Å². The van der Waals surface area contributed by atoms with Gasteiger partial charge in [-0.1, -0.05) is 59.9 Å². The zero-order chi connectivity index (χ0) is 26.1. The number of ether oxygens (including phenoxy) is 1. The van der Waals surface area contributed by atoms with Crippen LogP contribution in [0, 0.1) is 0 Å². The maximum absolute atomic E-state index is 13.6. The van der Waals surface area contributed by atoms with Crippen LogP contribution in [0.4, 0.5) is 0 Å². The molecule has 9 heteroatoms. The molecule has 1 aliphatic rings. The zero-order valence-electron chi connectivity index (χ0n) is 20.0. The third-order valence-electron chi connectivity index (χ3n) is 5.92. The summed E-state index contributed by atoms with van der Waals surface area (Å²) in [5.41, 5.74) is 1.87. The molecule has 4 aromatic rings. The predicted octanol–water partition coefficient (Wildman–Crippen LogP) is 2.42. The molecule has 8 nitrogen and oxygen atoms in total. The van der Waals surface area contributed by atoms with Crippen LogP contribution in [0.1, 0.15) is 41.6 Å². The van der Waals surface area contributed by atoms with Gasteiger partial charge >= 0.3 is 5.97 Å². The highest BCUT2D eigenvalue weighted by Crippen LogP contribution is 2.30. The van der Waals surface area contributed by atoms with Gasteiger partial charge in [0, 0.05) is 11.6 Å². The number of thiazole rings is 1. The fraction of sp³-hybridized carbons (Fsp3) is 0.143. The van der Waals surface area contributed by atoms with Gasteiger partial charge in [0.1, 0.15) is 11.5 Å². The molecule has 0 radical (unpaired) electrons. The normalized spacial score (nSPS) is 15.3. The van der Waals surface area contributed by atoms with E-state index in [1.807, 2.05) is 30.3 Å². The van der Waals surface area contributed by atoms with Gasteiger partial charge < -0.3 is 19.1 Å². The maximum Gasteiger partial charge on any atom is 0.338 e. The molecule has 0 saturated carbocycles. The van der Waals surface area contributed by atoms with Crippen LogP contribution in [-0.4, -0.2) is 23.1 Å². The highest BCUT2D eigenvalue weighted by molar-refractivity contribution is 7.07.